The highest BCUT2D eigenvalue weighted by molar-refractivity contribution is 5.96. The quantitative estimate of drug-likeness (QED) is 0.922. The van der Waals surface area contributed by atoms with E-state index in [1.807, 2.05) is 30.3 Å². The molecule has 0 aromatic heterocycles. The highest BCUT2D eigenvalue weighted by Crippen LogP contribution is 2.32. The van der Waals surface area contributed by atoms with E-state index in [9.17, 15) is 14.7 Å². The number of hydrogen-bond acceptors (Lipinski definition) is 4. The van der Waals surface area contributed by atoms with Gasteiger partial charge in [0.05, 0.1) is 6.04 Å². The number of nitrogens with zero attached hydrogens (tertiary/aromatic N) is 1. The fraction of sp³-hybridized carbons (Fsp3) is 0.500. The van der Waals surface area contributed by atoms with E-state index in [0.29, 0.717) is 6.42 Å². The lowest BCUT2D eigenvalue weighted by Crippen LogP contribution is -2.49. The van der Waals surface area contributed by atoms with Gasteiger partial charge in [-0.2, -0.15) is 0 Å². The fourth-order valence-electron chi connectivity index (χ4n) is 2.53. The molecule has 5 heteroatoms. The third-order valence-corrected chi connectivity index (χ3v) is 3.84. The van der Waals surface area contributed by atoms with E-state index in [-0.39, 0.29) is 6.42 Å². The molecule has 2 rings (SSSR count). The smallest absolute Gasteiger partial charge is 0.417 e. The summed E-state index contributed by atoms with van der Waals surface area (Å²) in [6.45, 7) is 5.26. The van der Waals surface area contributed by atoms with Crippen LogP contribution in [-0.4, -0.2) is 39.8 Å². The maximum absolute atomic E-state index is 12.3. The number of cyclic esters (lactones) is 1. The van der Waals surface area contributed by atoms with Gasteiger partial charge in [0.1, 0.15) is 11.7 Å². The van der Waals surface area contributed by atoms with Crippen molar-refractivity contribution in [2.24, 2.45) is 0 Å². The average Bonchev–Trinajstić information content (AvgIpc) is 2.67. The topological polar surface area (TPSA) is 66.8 Å². The molecule has 0 saturated carbocycles. The predicted molar refractivity (Wildman–Crippen MR) is 77.6 cm³/mol. The molecule has 2 atom stereocenters. The molecule has 1 N–H and O–H groups in total. The number of carbonyl (C=O) groups excluding carboxylic acids is 2. The van der Waals surface area contributed by atoms with Crippen molar-refractivity contribution in [2.45, 2.75) is 51.4 Å². The Morgan fingerprint density at radius 3 is 2.57 bits per heavy atom. The highest BCUT2D eigenvalue weighted by atomic mass is 16.6. The molecule has 1 heterocycles. The predicted octanol–water partition coefficient (Wildman–Crippen LogP) is 2.13. The second kappa shape index (κ2) is 5.85. The SMILES string of the molecule is CC[C@H](O)C(=O)N1C(=O)OC(C)(C)[C@@H]1Cc1ccccc1. The summed E-state index contributed by atoms with van der Waals surface area (Å²) in [5, 5.41) is 9.76. The summed E-state index contributed by atoms with van der Waals surface area (Å²) < 4.78 is 5.32. The summed E-state index contributed by atoms with van der Waals surface area (Å²) in [4.78, 5) is 25.3. The Balaban J connectivity index is 2.28. The van der Waals surface area contributed by atoms with Crippen LogP contribution in [-0.2, 0) is 16.0 Å². The Morgan fingerprint density at radius 2 is 2.00 bits per heavy atom. The summed E-state index contributed by atoms with van der Waals surface area (Å²) in [6.07, 6.45) is -1.09. The second-order valence-corrected chi connectivity index (χ2v) is 5.81. The third kappa shape index (κ3) is 3.08. The van der Waals surface area contributed by atoms with E-state index in [0.717, 1.165) is 10.5 Å². The first-order valence-corrected chi connectivity index (χ1v) is 7.15. The minimum atomic E-state index is -1.18. The van der Waals surface area contributed by atoms with Crippen LogP contribution in [0.4, 0.5) is 4.79 Å². The normalized spacial score (nSPS) is 22.0. The van der Waals surface area contributed by atoms with E-state index < -0.39 is 29.7 Å². The largest absolute Gasteiger partial charge is 0.441 e. The molecule has 1 saturated heterocycles. The van der Waals surface area contributed by atoms with E-state index in [2.05, 4.69) is 0 Å². The van der Waals surface area contributed by atoms with Crippen molar-refractivity contribution >= 4 is 12.0 Å². The molecule has 1 fully saturated rings. The van der Waals surface area contributed by atoms with Crippen molar-refractivity contribution in [3.05, 3.63) is 35.9 Å². The van der Waals surface area contributed by atoms with Crippen molar-refractivity contribution in [3.8, 4) is 0 Å². The monoisotopic (exact) mass is 291 g/mol. The van der Waals surface area contributed by atoms with Crippen LogP contribution in [0.5, 0.6) is 0 Å². The highest BCUT2D eigenvalue weighted by Gasteiger charge is 2.51. The molecule has 1 aliphatic rings. The van der Waals surface area contributed by atoms with Crippen molar-refractivity contribution in [1.82, 2.24) is 4.90 Å². The Labute approximate surface area is 124 Å². The number of hydrogen-bond donors (Lipinski definition) is 1. The molecule has 1 aromatic rings. The van der Waals surface area contributed by atoms with E-state index >= 15 is 0 Å². The molecule has 5 nitrogen and oxygen atoms in total. The first-order valence-electron chi connectivity index (χ1n) is 7.15. The van der Waals surface area contributed by atoms with Crippen LogP contribution in [0.2, 0.25) is 0 Å². The van der Waals surface area contributed by atoms with Gasteiger partial charge in [-0.05, 0) is 32.3 Å². The fourth-order valence-corrected chi connectivity index (χ4v) is 2.53. The van der Waals surface area contributed by atoms with Gasteiger partial charge in [0.15, 0.2) is 0 Å². The molecular formula is C16H21NO4. The van der Waals surface area contributed by atoms with Crippen LogP contribution in [0.15, 0.2) is 30.3 Å². The molecular weight excluding hydrogens is 270 g/mol. The lowest BCUT2D eigenvalue weighted by atomic mass is 9.92. The van der Waals surface area contributed by atoms with Crippen LogP contribution in [0, 0.1) is 0 Å². The first-order chi connectivity index (χ1) is 9.86. The first kappa shape index (κ1) is 15.5. The summed E-state index contributed by atoms with van der Waals surface area (Å²) in [5.41, 5.74) is 0.230. The molecule has 0 bridgehead atoms. The minimum Gasteiger partial charge on any atom is -0.441 e. The molecule has 1 aliphatic heterocycles. The minimum absolute atomic E-state index is 0.265. The van der Waals surface area contributed by atoms with Crippen LogP contribution in [0.1, 0.15) is 32.8 Å². The number of aliphatic hydroxyl groups excluding tert-OH is 1. The Bertz CT molecular complexity index is 526. The standard InChI is InChI=1S/C16H21NO4/c1-4-12(18)14(19)17-13(16(2,3)21-15(17)20)10-11-8-6-5-7-9-11/h5-9,12-13,18H,4,10H2,1-3H3/t12-,13-/m0/s1. The average molecular weight is 291 g/mol. The maximum Gasteiger partial charge on any atom is 0.417 e. The van der Waals surface area contributed by atoms with Crippen LogP contribution >= 0.6 is 0 Å². The Kier molecular flexibility index (Phi) is 4.32. The second-order valence-electron chi connectivity index (χ2n) is 5.81. The zero-order chi connectivity index (χ0) is 15.6. The summed E-state index contributed by atoms with van der Waals surface area (Å²) in [6, 6.07) is 9.19. The zero-order valence-corrected chi connectivity index (χ0v) is 12.6. The van der Waals surface area contributed by atoms with Crippen molar-refractivity contribution in [2.75, 3.05) is 0 Å². The van der Waals surface area contributed by atoms with E-state index in [1.54, 1.807) is 20.8 Å². The summed E-state index contributed by atoms with van der Waals surface area (Å²) in [5.74, 6) is -0.589. The lowest BCUT2D eigenvalue weighted by molar-refractivity contribution is -0.138. The van der Waals surface area contributed by atoms with Gasteiger partial charge in [-0.25, -0.2) is 9.69 Å². The van der Waals surface area contributed by atoms with E-state index in [1.165, 1.54) is 0 Å². The molecule has 21 heavy (non-hydrogen) atoms. The van der Waals surface area contributed by atoms with Crippen molar-refractivity contribution in [1.29, 1.82) is 0 Å². The van der Waals surface area contributed by atoms with Gasteiger partial charge in [-0.1, -0.05) is 37.3 Å². The summed E-state index contributed by atoms with van der Waals surface area (Å²) >= 11 is 0. The van der Waals surface area contributed by atoms with Gasteiger partial charge in [-0.15, -0.1) is 0 Å². The van der Waals surface area contributed by atoms with Crippen LogP contribution < -0.4 is 0 Å². The molecule has 0 spiro atoms. The number of imide groups is 1. The number of rotatable bonds is 4. The number of aliphatic hydroxyl groups is 1. The van der Waals surface area contributed by atoms with Crippen molar-refractivity contribution in [3.63, 3.8) is 0 Å². The summed E-state index contributed by atoms with van der Waals surface area (Å²) in [7, 11) is 0. The third-order valence-electron chi connectivity index (χ3n) is 3.84. The molecule has 2 amide bonds. The lowest BCUT2D eigenvalue weighted by Gasteiger charge is -2.28. The van der Waals surface area contributed by atoms with E-state index in [4.69, 9.17) is 4.74 Å². The zero-order valence-electron chi connectivity index (χ0n) is 12.6. The molecule has 0 aliphatic carbocycles. The number of carbonyl (C=O) groups is 2. The van der Waals surface area contributed by atoms with Crippen LogP contribution in [0.25, 0.3) is 0 Å². The molecule has 1 aromatic carbocycles. The molecule has 114 valence electrons. The molecule has 0 unspecified atom stereocenters. The van der Waals surface area contributed by atoms with Gasteiger partial charge in [0.2, 0.25) is 0 Å². The number of benzene rings is 1. The van der Waals surface area contributed by atoms with Gasteiger partial charge in [0, 0.05) is 0 Å². The van der Waals surface area contributed by atoms with Crippen molar-refractivity contribution < 1.29 is 19.4 Å². The number of ether oxygens (including phenoxy) is 1. The van der Waals surface area contributed by atoms with Gasteiger partial charge < -0.3 is 9.84 Å². The Morgan fingerprint density at radius 1 is 1.38 bits per heavy atom. The van der Waals surface area contributed by atoms with Gasteiger partial charge in [0.25, 0.3) is 5.91 Å². The number of amides is 2. The van der Waals surface area contributed by atoms with Gasteiger partial charge in [-0.3, -0.25) is 4.79 Å². The maximum atomic E-state index is 12.3. The Hall–Kier alpha value is -1.88. The molecule has 0 radical (unpaired) electrons. The van der Waals surface area contributed by atoms with Crippen LogP contribution in [0.3, 0.4) is 0 Å². The van der Waals surface area contributed by atoms with Gasteiger partial charge >= 0.3 is 6.09 Å².